The Balaban J connectivity index is 2.22. The molecule has 2 aliphatic rings. The summed E-state index contributed by atoms with van der Waals surface area (Å²) in [7, 11) is 0. The van der Waals surface area contributed by atoms with Gasteiger partial charge in [0, 0.05) is 24.9 Å². The highest BCUT2D eigenvalue weighted by molar-refractivity contribution is 5.83. The fraction of sp³-hybridized carbons (Fsp3) is 0.769. The summed E-state index contributed by atoms with van der Waals surface area (Å²) in [5.74, 6) is 3.58. The number of carbonyl (C=O) groups excluding carboxylic acids is 1. The van der Waals surface area contributed by atoms with Crippen molar-refractivity contribution in [3.63, 3.8) is 0 Å². The van der Waals surface area contributed by atoms with Crippen LogP contribution in [0.2, 0.25) is 0 Å². The van der Waals surface area contributed by atoms with Crippen LogP contribution in [-0.2, 0) is 4.79 Å². The molecule has 1 saturated heterocycles. The average molecular weight is 205 g/mol. The van der Waals surface area contributed by atoms with Gasteiger partial charge in [0.1, 0.15) is 5.78 Å². The summed E-state index contributed by atoms with van der Waals surface area (Å²) >= 11 is 0. The zero-order valence-electron chi connectivity index (χ0n) is 9.62. The van der Waals surface area contributed by atoms with E-state index in [1.54, 1.807) is 0 Å². The number of hydrogen-bond acceptors (Lipinski definition) is 2. The Morgan fingerprint density at radius 1 is 1.47 bits per heavy atom. The number of rotatable bonds is 1. The monoisotopic (exact) mass is 205 g/mol. The molecule has 0 aromatic heterocycles. The molecule has 0 radical (unpaired) electrons. The van der Waals surface area contributed by atoms with Crippen LogP contribution in [0.15, 0.2) is 0 Å². The SMILES string of the molecule is C#CC(C)(C)N1CCC(=O)[C@@H]2CCC[C@@H]21. The Hall–Kier alpha value is -0.810. The number of terminal acetylenes is 1. The molecule has 15 heavy (non-hydrogen) atoms. The van der Waals surface area contributed by atoms with Crippen molar-refractivity contribution in [2.75, 3.05) is 6.54 Å². The highest BCUT2D eigenvalue weighted by atomic mass is 16.1. The molecule has 0 amide bonds. The predicted molar refractivity (Wildman–Crippen MR) is 60.4 cm³/mol. The lowest BCUT2D eigenvalue weighted by Gasteiger charge is -2.44. The van der Waals surface area contributed by atoms with Crippen LogP contribution in [0.25, 0.3) is 0 Å². The van der Waals surface area contributed by atoms with Crippen LogP contribution < -0.4 is 0 Å². The summed E-state index contributed by atoms with van der Waals surface area (Å²) in [6.45, 7) is 5.01. The van der Waals surface area contributed by atoms with E-state index in [0.29, 0.717) is 18.2 Å². The van der Waals surface area contributed by atoms with Gasteiger partial charge in [0.2, 0.25) is 0 Å². The number of piperidine rings is 1. The maximum atomic E-state index is 11.8. The summed E-state index contributed by atoms with van der Waals surface area (Å²) in [6.07, 6.45) is 9.65. The maximum absolute atomic E-state index is 11.8. The normalized spacial score (nSPS) is 32.5. The highest BCUT2D eigenvalue weighted by Gasteiger charge is 2.44. The zero-order chi connectivity index (χ0) is 11.1. The van der Waals surface area contributed by atoms with Crippen molar-refractivity contribution in [3.8, 4) is 12.3 Å². The standard InChI is InChI=1S/C13H19NO/c1-4-13(2,3)14-9-8-12(15)10-6-5-7-11(10)14/h1,10-11H,5-9H2,2-3H3/t10-,11+/m1/s1. The number of likely N-dealkylation sites (tertiary alicyclic amines) is 1. The third kappa shape index (κ3) is 1.70. The van der Waals surface area contributed by atoms with E-state index >= 15 is 0 Å². The zero-order valence-corrected chi connectivity index (χ0v) is 9.62. The Labute approximate surface area is 92.0 Å². The Morgan fingerprint density at radius 3 is 2.87 bits per heavy atom. The van der Waals surface area contributed by atoms with Gasteiger partial charge < -0.3 is 0 Å². The molecule has 0 aromatic carbocycles. The lowest BCUT2D eigenvalue weighted by molar-refractivity contribution is -0.129. The van der Waals surface area contributed by atoms with Crippen molar-refractivity contribution in [3.05, 3.63) is 0 Å². The molecule has 0 aromatic rings. The second-order valence-electron chi connectivity index (χ2n) is 5.22. The van der Waals surface area contributed by atoms with Crippen molar-refractivity contribution < 1.29 is 4.79 Å². The van der Waals surface area contributed by atoms with E-state index < -0.39 is 0 Å². The molecule has 2 heteroatoms. The molecule has 1 heterocycles. The van der Waals surface area contributed by atoms with Gasteiger partial charge in [0.05, 0.1) is 5.54 Å². The van der Waals surface area contributed by atoms with Crippen molar-refractivity contribution >= 4 is 5.78 Å². The first kappa shape index (κ1) is 10.7. The molecule has 1 aliphatic heterocycles. The fourth-order valence-electron chi connectivity index (χ4n) is 3.05. The van der Waals surface area contributed by atoms with E-state index in [2.05, 4.69) is 24.7 Å². The topological polar surface area (TPSA) is 20.3 Å². The summed E-state index contributed by atoms with van der Waals surface area (Å²) in [4.78, 5) is 14.1. The summed E-state index contributed by atoms with van der Waals surface area (Å²) in [5.41, 5.74) is -0.200. The number of ketones is 1. The molecule has 2 rings (SSSR count). The minimum atomic E-state index is -0.200. The van der Waals surface area contributed by atoms with Gasteiger partial charge in [-0.1, -0.05) is 12.3 Å². The van der Waals surface area contributed by atoms with Crippen LogP contribution in [0.1, 0.15) is 39.5 Å². The van der Waals surface area contributed by atoms with Crippen LogP contribution in [0.3, 0.4) is 0 Å². The van der Waals surface area contributed by atoms with E-state index in [1.165, 1.54) is 6.42 Å². The van der Waals surface area contributed by atoms with Crippen LogP contribution in [0, 0.1) is 18.3 Å². The number of Topliss-reactive ketones (excluding diaryl/α,β-unsaturated/α-hetero) is 1. The van der Waals surface area contributed by atoms with E-state index in [1.807, 2.05) is 0 Å². The van der Waals surface area contributed by atoms with Gasteiger partial charge in [0.15, 0.2) is 0 Å². The van der Waals surface area contributed by atoms with Crippen LogP contribution in [0.5, 0.6) is 0 Å². The Bertz CT molecular complexity index is 313. The van der Waals surface area contributed by atoms with Crippen molar-refractivity contribution in [1.29, 1.82) is 0 Å². The quantitative estimate of drug-likeness (QED) is 0.609. The third-order valence-corrected chi connectivity index (χ3v) is 3.96. The number of hydrogen-bond donors (Lipinski definition) is 0. The first-order valence-corrected chi connectivity index (χ1v) is 5.83. The molecule has 0 N–H and O–H groups in total. The van der Waals surface area contributed by atoms with Crippen molar-refractivity contribution in [2.24, 2.45) is 5.92 Å². The van der Waals surface area contributed by atoms with Crippen LogP contribution in [-0.4, -0.2) is 28.8 Å². The number of nitrogens with zero attached hydrogens (tertiary/aromatic N) is 1. The number of carbonyl (C=O) groups is 1. The largest absolute Gasteiger partial charge is 0.299 e. The molecule has 82 valence electrons. The molecule has 2 fully saturated rings. The first-order valence-electron chi connectivity index (χ1n) is 5.83. The molecule has 0 spiro atoms. The summed E-state index contributed by atoms with van der Waals surface area (Å²) in [5, 5.41) is 0. The lowest BCUT2D eigenvalue weighted by atomic mass is 9.86. The molecule has 0 bridgehead atoms. The minimum absolute atomic E-state index is 0.200. The lowest BCUT2D eigenvalue weighted by Crippen LogP contribution is -2.55. The van der Waals surface area contributed by atoms with Gasteiger partial charge in [-0.05, 0) is 26.7 Å². The summed E-state index contributed by atoms with van der Waals surface area (Å²) < 4.78 is 0. The molecule has 1 saturated carbocycles. The van der Waals surface area contributed by atoms with Gasteiger partial charge in [-0.3, -0.25) is 9.69 Å². The summed E-state index contributed by atoms with van der Waals surface area (Å²) in [6, 6.07) is 0.414. The van der Waals surface area contributed by atoms with E-state index in [-0.39, 0.29) is 11.5 Å². The molecular formula is C13H19NO. The van der Waals surface area contributed by atoms with Gasteiger partial charge >= 0.3 is 0 Å². The van der Waals surface area contributed by atoms with Crippen molar-refractivity contribution in [1.82, 2.24) is 4.90 Å². The highest BCUT2D eigenvalue weighted by Crippen LogP contribution is 2.38. The van der Waals surface area contributed by atoms with E-state index in [4.69, 9.17) is 6.42 Å². The minimum Gasteiger partial charge on any atom is -0.299 e. The van der Waals surface area contributed by atoms with Crippen LogP contribution in [0.4, 0.5) is 0 Å². The number of fused-ring (bicyclic) bond motifs is 1. The smallest absolute Gasteiger partial charge is 0.138 e. The van der Waals surface area contributed by atoms with E-state index in [0.717, 1.165) is 19.4 Å². The van der Waals surface area contributed by atoms with Crippen LogP contribution >= 0.6 is 0 Å². The first-order chi connectivity index (χ1) is 7.06. The Morgan fingerprint density at radius 2 is 2.20 bits per heavy atom. The maximum Gasteiger partial charge on any atom is 0.138 e. The molecular weight excluding hydrogens is 186 g/mol. The second-order valence-corrected chi connectivity index (χ2v) is 5.22. The van der Waals surface area contributed by atoms with Gasteiger partial charge in [0.25, 0.3) is 0 Å². The predicted octanol–water partition coefficient (Wildman–Crippen LogP) is 1.84. The second kappa shape index (κ2) is 3.64. The van der Waals surface area contributed by atoms with E-state index in [9.17, 15) is 4.79 Å². The molecule has 2 nitrogen and oxygen atoms in total. The fourth-order valence-corrected chi connectivity index (χ4v) is 3.05. The van der Waals surface area contributed by atoms with Gasteiger partial charge in [-0.15, -0.1) is 6.42 Å². The Kier molecular flexibility index (Phi) is 2.60. The van der Waals surface area contributed by atoms with Gasteiger partial charge in [-0.25, -0.2) is 0 Å². The molecule has 2 atom stereocenters. The molecule has 0 unspecified atom stereocenters. The average Bonchev–Trinajstić information content (AvgIpc) is 2.67. The third-order valence-electron chi connectivity index (χ3n) is 3.96. The van der Waals surface area contributed by atoms with Crippen molar-refractivity contribution in [2.45, 2.75) is 51.1 Å². The van der Waals surface area contributed by atoms with Gasteiger partial charge in [-0.2, -0.15) is 0 Å². The molecule has 1 aliphatic carbocycles.